The molecule has 13 heavy (non-hydrogen) atoms. The molecule has 0 radical (unpaired) electrons. The monoisotopic (exact) mass is 208 g/mol. The van der Waals surface area contributed by atoms with Crippen LogP contribution in [-0.4, -0.2) is 11.1 Å². The van der Waals surface area contributed by atoms with Gasteiger partial charge in [0.15, 0.2) is 0 Å². The molecule has 0 atom stereocenters. The van der Waals surface area contributed by atoms with E-state index in [9.17, 15) is 4.79 Å². The van der Waals surface area contributed by atoms with Gasteiger partial charge in [0.25, 0.3) is 0 Å². The van der Waals surface area contributed by atoms with Crippen LogP contribution in [0.1, 0.15) is 52.9 Å². The van der Waals surface area contributed by atoms with Crippen molar-refractivity contribution >= 4 is 18.4 Å². The zero-order valence-electron chi connectivity index (χ0n) is 8.80. The molecule has 0 aliphatic carbocycles. The SMILES string of the molecule is CCCC(C)(C)CCCC(=O)O.Cl. The van der Waals surface area contributed by atoms with Crippen molar-refractivity contribution in [1.82, 2.24) is 0 Å². The first-order valence-electron chi connectivity index (χ1n) is 4.70. The van der Waals surface area contributed by atoms with Crippen LogP contribution in [0.5, 0.6) is 0 Å². The molecule has 0 unspecified atom stereocenters. The number of hydrogen-bond donors (Lipinski definition) is 1. The Bertz CT molecular complexity index is 144. The van der Waals surface area contributed by atoms with E-state index in [1.54, 1.807) is 0 Å². The molecule has 0 heterocycles. The fourth-order valence-electron chi connectivity index (χ4n) is 1.52. The van der Waals surface area contributed by atoms with E-state index in [4.69, 9.17) is 5.11 Å². The van der Waals surface area contributed by atoms with Gasteiger partial charge in [-0.3, -0.25) is 4.79 Å². The van der Waals surface area contributed by atoms with Crippen LogP contribution in [0.4, 0.5) is 0 Å². The van der Waals surface area contributed by atoms with E-state index in [1.165, 1.54) is 12.8 Å². The predicted molar refractivity (Wildman–Crippen MR) is 57.4 cm³/mol. The van der Waals surface area contributed by atoms with Crippen molar-refractivity contribution in [2.75, 3.05) is 0 Å². The van der Waals surface area contributed by atoms with Crippen LogP contribution in [0.3, 0.4) is 0 Å². The van der Waals surface area contributed by atoms with Crippen LogP contribution in [0, 0.1) is 5.41 Å². The highest BCUT2D eigenvalue weighted by atomic mass is 35.5. The summed E-state index contributed by atoms with van der Waals surface area (Å²) in [6.07, 6.45) is 4.51. The molecule has 0 saturated heterocycles. The van der Waals surface area contributed by atoms with Crippen LogP contribution >= 0.6 is 12.4 Å². The molecule has 1 N–H and O–H groups in total. The highest BCUT2D eigenvalue weighted by Gasteiger charge is 2.16. The molecule has 0 spiro atoms. The van der Waals surface area contributed by atoms with Crippen LogP contribution in [0.25, 0.3) is 0 Å². The maximum Gasteiger partial charge on any atom is 0.303 e. The van der Waals surface area contributed by atoms with Gasteiger partial charge in [0.1, 0.15) is 0 Å². The molecule has 0 saturated carbocycles. The van der Waals surface area contributed by atoms with Gasteiger partial charge in [-0.15, -0.1) is 12.4 Å². The lowest BCUT2D eigenvalue weighted by atomic mass is 9.83. The molecule has 0 rings (SSSR count). The van der Waals surface area contributed by atoms with Crippen LogP contribution in [0.15, 0.2) is 0 Å². The first-order valence-corrected chi connectivity index (χ1v) is 4.70. The molecule has 0 aliphatic rings. The summed E-state index contributed by atoms with van der Waals surface area (Å²) in [5, 5.41) is 8.44. The van der Waals surface area contributed by atoms with E-state index in [1.807, 2.05) is 0 Å². The molecule has 0 aromatic carbocycles. The van der Waals surface area contributed by atoms with Crippen molar-refractivity contribution in [2.24, 2.45) is 5.41 Å². The molecule has 0 aliphatic heterocycles. The van der Waals surface area contributed by atoms with Crippen molar-refractivity contribution in [3.05, 3.63) is 0 Å². The van der Waals surface area contributed by atoms with Crippen molar-refractivity contribution in [3.8, 4) is 0 Å². The van der Waals surface area contributed by atoms with Crippen molar-refractivity contribution in [3.63, 3.8) is 0 Å². The Morgan fingerprint density at radius 2 is 1.85 bits per heavy atom. The molecular formula is C10H21ClO2. The summed E-state index contributed by atoms with van der Waals surface area (Å²) in [5.41, 5.74) is 0.324. The molecule has 0 fully saturated rings. The normalized spacial score (nSPS) is 10.7. The quantitative estimate of drug-likeness (QED) is 0.726. The Labute approximate surface area is 87.1 Å². The lowest BCUT2D eigenvalue weighted by Crippen LogP contribution is -2.11. The number of rotatable bonds is 6. The number of aliphatic carboxylic acids is 1. The standard InChI is InChI=1S/C10H20O2.ClH/c1-4-7-10(2,3)8-5-6-9(11)12;/h4-8H2,1-3H3,(H,11,12);1H. The summed E-state index contributed by atoms with van der Waals surface area (Å²) in [6, 6.07) is 0. The highest BCUT2D eigenvalue weighted by molar-refractivity contribution is 5.85. The average Bonchev–Trinajstić information content (AvgIpc) is 1.85. The zero-order chi connectivity index (χ0) is 9.61. The van der Waals surface area contributed by atoms with Crippen LogP contribution in [0.2, 0.25) is 0 Å². The van der Waals surface area contributed by atoms with Gasteiger partial charge in [-0.05, 0) is 24.7 Å². The molecule has 0 aromatic heterocycles. The Hall–Kier alpha value is -0.240. The fourth-order valence-corrected chi connectivity index (χ4v) is 1.52. The summed E-state index contributed by atoms with van der Waals surface area (Å²) in [5.74, 6) is -0.678. The van der Waals surface area contributed by atoms with E-state index < -0.39 is 5.97 Å². The predicted octanol–water partition coefficient (Wildman–Crippen LogP) is 3.49. The molecule has 0 bridgehead atoms. The second-order valence-electron chi connectivity index (χ2n) is 4.16. The first-order chi connectivity index (χ1) is 5.48. The van der Waals surface area contributed by atoms with Gasteiger partial charge in [-0.1, -0.05) is 27.2 Å². The van der Waals surface area contributed by atoms with Gasteiger partial charge in [0.2, 0.25) is 0 Å². The zero-order valence-corrected chi connectivity index (χ0v) is 9.62. The number of hydrogen-bond acceptors (Lipinski definition) is 1. The Morgan fingerprint density at radius 1 is 1.31 bits per heavy atom. The number of carbonyl (C=O) groups is 1. The average molecular weight is 209 g/mol. The van der Waals surface area contributed by atoms with Crippen molar-refractivity contribution in [2.45, 2.75) is 52.9 Å². The van der Waals surface area contributed by atoms with Crippen molar-refractivity contribution in [1.29, 1.82) is 0 Å². The number of carboxylic acids is 1. The molecule has 80 valence electrons. The summed E-state index contributed by atoms with van der Waals surface area (Å²) in [6.45, 7) is 6.58. The Morgan fingerprint density at radius 3 is 2.23 bits per heavy atom. The number of halogens is 1. The maximum absolute atomic E-state index is 10.2. The second kappa shape index (κ2) is 7.19. The third-order valence-electron chi connectivity index (χ3n) is 2.17. The summed E-state index contributed by atoms with van der Waals surface area (Å²) in [4.78, 5) is 10.2. The molecule has 3 heteroatoms. The second-order valence-corrected chi connectivity index (χ2v) is 4.16. The molecule has 2 nitrogen and oxygen atoms in total. The molecule has 0 aromatic rings. The van der Waals surface area contributed by atoms with Gasteiger partial charge < -0.3 is 5.11 Å². The van der Waals surface area contributed by atoms with Crippen LogP contribution in [-0.2, 0) is 4.79 Å². The van der Waals surface area contributed by atoms with Crippen LogP contribution < -0.4 is 0 Å². The maximum atomic E-state index is 10.2. The first kappa shape index (κ1) is 15.2. The minimum atomic E-state index is -0.678. The molecule has 0 amide bonds. The van der Waals surface area contributed by atoms with E-state index in [0.717, 1.165) is 12.8 Å². The molecular weight excluding hydrogens is 188 g/mol. The van der Waals surface area contributed by atoms with Gasteiger partial charge in [-0.25, -0.2) is 0 Å². The lowest BCUT2D eigenvalue weighted by molar-refractivity contribution is -0.137. The summed E-state index contributed by atoms with van der Waals surface area (Å²) >= 11 is 0. The lowest BCUT2D eigenvalue weighted by Gasteiger charge is -2.23. The van der Waals surface area contributed by atoms with E-state index in [0.29, 0.717) is 11.8 Å². The minimum absolute atomic E-state index is 0. The topological polar surface area (TPSA) is 37.3 Å². The fraction of sp³-hybridized carbons (Fsp3) is 0.900. The minimum Gasteiger partial charge on any atom is -0.481 e. The largest absolute Gasteiger partial charge is 0.481 e. The van der Waals surface area contributed by atoms with Gasteiger partial charge in [-0.2, -0.15) is 0 Å². The Balaban J connectivity index is 0. The van der Waals surface area contributed by atoms with E-state index >= 15 is 0 Å². The third kappa shape index (κ3) is 9.68. The summed E-state index contributed by atoms with van der Waals surface area (Å²) < 4.78 is 0. The smallest absolute Gasteiger partial charge is 0.303 e. The highest BCUT2D eigenvalue weighted by Crippen LogP contribution is 2.28. The van der Waals surface area contributed by atoms with E-state index in [2.05, 4.69) is 20.8 Å². The van der Waals surface area contributed by atoms with Gasteiger partial charge in [0, 0.05) is 6.42 Å². The Kier molecular flexibility index (Phi) is 8.43. The van der Waals surface area contributed by atoms with Gasteiger partial charge in [0.05, 0.1) is 0 Å². The number of carboxylic acid groups (broad SMARTS) is 1. The third-order valence-corrected chi connectivity index (χ3v) is 2.17. The van der Waals surface area contributed by atoms with Crippen molar-refractivity contribution < 1.29 is 9.90 Å². The van der Waals surface area contributed by atoms with E-state index in [-0.39, 0.29) is 12.4 Å². The van der Waals surface area contributed by atoms with Gasteiger partial charge >= 0.3 is 5.97 Å². The summed E-state index contributed by atoms with van der Waals surface area (Å²) in [7, 11) is 0.